The molecule has 0 aliphatic heterocycles. The molecule has 88 valence electrons. The third-order valence-electron chi connectivity index (χ3n) is 2.75. The van der Waals surface area contributed by atoms with Gasteiger partial charge >= 0.3 is 0 Å². The average molecular weight is 229 g/mol. The number of aromatic amines is 1. The molecular formula is C13H15N3O. The van der Waals surface area contributed by atoms with Crippen LogP contribution in [0.3, 0.4) is 0 Å². The lowest BCUT2D eigenvalue weighted by Crippen LogP contribution is -2.18. The SMILES string of the molecule is CCc1c(C)nc(Cc2ccncc2)[nH]c1=O. The van der Waals surface area contributed by atoms with Crippen LogP contribution in [-0.4, -0.2) is 15.0 Å². The van der Waals surface area contributed by atoms with E-state index in [4.69, 9.17) is 0 Å². The monoisotopic (exact) mass is 229 g/mol. The Morgan fingerprint density at radius 2 is 2.00 bits per heavy atom. The minimum Gasteiger partial charge on any atom is -0.310 e. The summed E-state index contributed by atoms with van der Waals surface area (Å²) < 4.78 is 0. The van der Waals surface area contributed by atoms with Crippen molar-refractivity contribution in [3.05, 3.63) is 57.5 Å². The lowest BCUT2D eigenvalue weighted by atomic mass is 10.1. The summed E-state index contributed by atoms with van der Waals surface area (Å²) in [6.45, 7) is 3.84. The van der Waals surface area contributed by atoms with Crippen LogP contribution in [-0.2, 0) is 12.8 Å². The molecule has 0 aliphatic carbocycles. The van der Waals surface area contributed by atoms with E-state index < -0.39 is 0 Å². The molecule has 0 aliphatic rings. The van der Waals surface area contributed by atoms with Crippen molar-refractivity contribution in [1.29, 1.82) is 0 Å². The fourth-order valence-electron chi connectivity index (χ4n) is 1.86. The van der Waals surface area contributed by atoms with E-state index >= 15 is 0 Å². The molecule has 0 fully saturated rings. The Morgan fingerprint density at radius 3 is 2.59 bits per heavy atom. The third kappa shape index (κ3) is 2.58. The van der Waals surface area contributed by atoms with E-state index in [9.17, 15) is 4.79 Å². The first-order chi connectivity index (χ1) is 8.20. The molecule has 0 aromatic carbocycles. The van der Waals surface area contributed by atoms with Gasteiger partial charge in [-0.2, -0.15) is 0 Å². The van der Waals surface area contributed by atoms with Gasteiger partial charge in [0.1, 0.15) is 5.82 Å². The van der Waals surface area contributed by atoms with Gasteiger partial charge < -0.3 is 4.98 Å². The van der Waals surface area contributed by atoms with Gasteiger partial charge in [0.15, 0.2) is 0 Å². The standard InChI is InChI=1S/C13H15N3O/c1-3-11-9(2)15-12(16-13(11)17)8-10-4-6-14-7-5-10/h4-7H,3,8H2,1-2H3,(H,15,16,17). The predicted molar refractivity (Wildman–Crippen MR) is 66.0 cm³/mol. The first kappa shape index (κ1) is 11.5. The Hall–Kier alpha value is -1.97. The van der Waals surface area contributed by atoms with Gasteiger partial charge in [-0.25, -0.2) is 4.98 Å². The molecule has 2 rings (SSSR count). The Labute approximate surface area is 99.8 Å². The lowest BCUT2D eigenvalue weighted by molar-refractivity contribution is 0.878. The molecular weight excluding hydrogens is 214 g/mol. The van der Waals surface area contributed by atoms with Gasteiger partial charge in [0.2, 0.25) is 0 Å². The highest BCUT2D eigenvalue weighted by Crippen LogP contribution is 2.05. The molecule has 0 bridgehead atoms. The van der Waals surface area contributed by atoms with Crippen molar-refractivity contribution in [2.75, 3.05) is 0 Å². The second-order valence-electron chi connectivity index (χ2n) is 3.96. The van der Waals surface area contributed by atoms with E-state index in [1.165, 1.54) is 0 Å². The van der Waals surface area contributed by atoms with Crippen molar-refractivity contribution in [3.63, 3.8) is 0 Å². The van der Waals surface area contributed by atoms with E-state index in [-0.39, 0.29) is 5.56 Å². The van der Waals surface area contributed by atoms with E-state index in [0.29, 0.717) is 18.7 Å². The molecule has 0 amide bonds. The van der Waals surface area contributed by atoms with Crippen molar-refractivity contribution >= 4 is 0 Å². The highest BCUT2D eigenvalue weighted by Gasteiger charge is 2.06. The van der Waals surface area contributed by atoms with Gasteiger partial charge in [0, 0.05) is 30.1 Å². The molecule has 0 saturated carbocycles. The molecule has 0 spiro atoms. The Bertz CT molecular complexity index is 561. The van der Waals surface area contributed by atoms with Gasteiger partial charge in [-0.3, -0.25) is 9.78 Å². The maximum Gasteiger partial charge on any atom is 0.254 e. The van der Waals surface area contributed by atoms with Crippen molar-refractivity contribution in [3.8, 4) is 0 Å². The number of pyridine rings is 1. The van der Waals surface area contributed by atoms with Crippen molar-refractivity contribution in [2.24, 2.45) is 0 Å². The molecule has 17 heavy (non-hydrogen) atoms. The zero-order valence-corrected chi connectivity index (χ0v) is 10.0. The number of aryl methyl sites for hydroxylation is 1. The summed E-state index contributed by atoms with van der Waals surface area (Å²) in [6, 6.07) is 3.84. The molecule has 1 N–H and O–H groups in total. The summed E-state index contributed by atoms with van der Waals surface area (Å²) in [7, 11) is 0. The molecule has 2 heterocycles. The number of aromatic nitrogens is 3. The quantitative estimate of drug-likeness (QED) is 0.870. The smallest absolute Gasteiger partial charge is 0.254 e. The topological polar surface area (TPSA) is 58.6 Å². The van der Waals surface area contributed by atoms with Crippen LogP contribution in [0.2, 0.25) is 0 Å². The Balaban J connectivity index is 2.32. The summed E-state index contributed by atoms with van der Waals surface area (Å²) in [6.07, 6.45) is 4.81. The van der Waals surface area contributed by atoms with E-state index in [2.05, 4.69) is 15.0 Å². The molecule has 4 nitrogen and oxygen atoms in total. The highest BCUT2D eigenvalue weighted by molar-refractivity contribution is 5.20. The Kier molecular flexibility index (Phi) is 3.32. The molecule has 2 aromatic rings. The molecule has 0 saturated heterocycles. The summed E-state index contributed by atoms with van der Waals surface area (Å²) in [5.41, 5.74) is 2.65. The lowest BCUT2D eigenvalue weighted by Gasteiger charge is -2.05. The number of hydrogen-bond acceptors (Lipinski definition) is 3. The second kappa shape index (κ2) is 4.91. The van der Waals surface area contributed by atoms with Crippen LogP contribution >= 0.6 is 0 Å². The van der Waals surface area contributed by atoms with E-state index in [1.54, 1.807) is 12.4 Å². The van der Waals surface area contributed by atoms with Crippen LogP contribution < -0.4 is 5.56 Å². The Morgan fingerprint density at radius 1 is 1.29 bits per heavy atom. The normalized spacial score (nSPS) is 10.5. The van der Waals surface area contributed by atoms with Gasteiger partial charge in [-0.1, -0.05) is 6.92 Å². The summed E-state index contributed by atoms with van der Waals surface area (Å²) in [4.78, 5) is 23.0. The number of H-pyrrole nitrogens is 1. The minimum absolute atomic E-state index is 0.0240. The highest BCUT2D eigenvalue weighted by atomic mass is 16.1. The maximum atomic E-state index is 11.8. The minimum atomic E-state index is -0.0240. The van der Waals surface area contributed by atoms with Crippen LogP contribution in [0.25, 0.3) is 0 Å². The molecule has 4 heteroatoms. The number of rotatable bonds is 3. The molecule has 0 unspecified atom stereocenters. The second-order valence-corrected chi connectivity index (χ2v) is 3.96. The van der Waals surface area contributed by atoms with E-state index in [1.807, 2.05) is 26.0 Å². The van der Waals surface area contributed by atoms with Crippen LogP contribution in [0.15, 0.2) is 29.3 Å². The van der Waals surface area contributed by atoms with E-state index in [0.717, 1.165) is 16.8 Å². The zero-order chi connectivity index (χ0) is 12.3. The van der Waals surface area contributed by atoms with Gasteiger partial charge in [0.25, 0.3) is 5.56 Å². The average Bonchev–Trinajstić information content (AvgIpc) is 2.30. The molecule has 2 aromatic heterocycles. The predicted octanol–water partition coefficient (Wildman–Crippen LogP) is 1.63. The van der Waals surface area contributed by atoms with Gasteiger partial charge in [-0.15, -0.1) is 0 Å². The first-order valence-corrected chi connectivity index (χ1v) is 5.68. The van der Waals surface area contributed by atoms with Crippen molar-refractivity contribution < 1.29 is 0 Å². The number of nitrogens with one attached hydrogen (secondary N) is 1. The van der Waals surface area contributed by atoms with Crippen molar-refractivity contribution in [1.82, 2.24) is 15.0 Å². The summed E-state index contributed by atoms with van der Waals surface area (Å²) in [5.74, 6) is 0.705. The summed E-state index contributed by atoms with van der Waals surface area (Å²) in [5, 5.41) is 0. The summed E-state index contributed by atoms with van der Waals surface area (Å²) >= 11 is 0. The van der Waals surface area contributed by atoms with Gasteiger partial charge in [0.05, 0.1) is 0 Å². The van der Waals surface area contributed by atoms with Crippen molar-refractivity contribution in [2.45, 2.75) is 26.7 Å². The fourth-order valence-corrected chi connectivity index (χ4v) is 1.86. The third-order valence-corrected chi connectivity index (χ3v) is 2.75. The van der Waals surface area contributed by atoms with Crippen LogP contribution in [0.1, 0.15) is 29.6 Å². The molecule has 0 atom stereocenters. The van der Waals surface area contributed by atoms with Crippen LogP contribution in [0, 0.1) is 6.92 Å². The number of hydrogen-bond donors (Lipinski definition) is 1. The van der Waals surface area contributed by atoms with Gasteiger partial charge in [-0.05, 0) is 31.0 Å². The first-order valence-electron chi connectivity index (χ1n) is 5.68. The zero-order valence-electron chi connectivity index (χ0n) is 10.0. The fraction of sp³-hybridized carbons (Fsp3) is 0.308. The van der Waals surface area contributed by atoms with Crippen LogP contribution in [0.4, 0.5) is 0 Å². The van der Waals surface area contributed by atoms with Crippen LogP contribution in [0.5, 0.6) is 0 Å². The number of nitrogens with zero attached hydrogens (tertiary/aromatic N) is 2. The largest absolute Gasteiger partial charge is 0.310 e. The maximum absolute atomic E-state index is 11.8. The molecule has 0 radical (unpaired) electrons.